The minimum absolute atomic E-state index is 0.173. The molecule has 1 aromatic rings. The van der Waals surface area contributed by atoms with Gasteiger partial charge in [0.1, 0.15) is 5.75 Å². The summed E-state index contributed by atoms with van der Waals surface area (Å²) in [6, 6.07) is 4.09. The highest BCUT2D eigenvalue weighted by Crippen LogP contribution is 2.19. The Morgan fingerprint density at radius 2 is 1.95 bits per heavy atom. The lowest BCUT2D eigenvalue weighted by molar-refractivity contribution is -0.513. The van der Waals surface area contributed by atoms with Crippen LogP contribution in [0.2, 0.25) is 5.02 Å². The van der Waals surface area contributed by atoms with Crippen molar-refractivity contribution in [3.8, 4) is 0 Å². The Kier molecular flexibility index (Phi) is 5.50. The van der Waals surface area contributed by atoms with Crippen LogP contribution in [0.15, 0.2) is 24.3 Å². The molecule has 116 valence electrons. The first kappa shape index (κ1) is 17.2. The van der Waals surface area contributed by atoms with E-state index in [-0.39, 0.29) is 5.69 Å². The maximum Gasteiger partial charge on any atom is 0.412 e. The molecule has 0 aromatic heterocycles. The van der Waals surface area contributed by atoms with Gasteiger partial charge in [-0.3, -0.25) is 15.0 Å². The molecular weight excluding hydrogens is 324 g/mol. The van der Waals surface area contributed by atoms with Crippen LogP contribution in [0.4, 0.5) is 10.5 Å². The van der Waals surface area contributed by atoms with Crippen LogP contribution in [0.1, 0.15) is 0 Å². The summed E-state index contributed by atoms with van der Waals surface area (Å²) in [5, 5.41) is 20.4. The van der Waals surface area contributed by atoms with Gasteiger partial charge in [0.15, 0.2) is 9.84 Å². The van der Waals surface area contributed by atoms with Gasteiger partial charge in [0.25, 0.3) is 0 Å². The molecule has 0 saturated carbocycles. The summed E-state index contributed by atoms with van der Waals surface area (Å²) in [5.41, 5.74) is 0.173. The van der Waals surface area contributed by atoms with Gasteiger partial charge in [0, 0.05) is 21.9 Å². The molecule has 0 heterocycles. The molecule has 1 unspecified atom stereocenters. The van der Waals surface area contributed by atoms with Gasteiger partial charge in [-0.05, 0) is 24.3 Å². The van der Waals surface area contributed by atoms with Gasteiger partial charge in [0.05, 0.1) is 6.54 Å². The average Bonchev–Trinajstić information content (AvgIpc) is 2.33. The molecule has 1 atom stereocenters. The Morgan fingerprint density at radius 3 is 2.33 bits per heavy atom. The van der Waals surface area contributed by atoms with E-state index in [1.807, 2.05) is 0 Å². The Balaban J connectivity index is 3.03. The third-order valence-corrected chi connectivity index (χ3v) is 3.80. The minimum atomic E-state index is -3.61. The van der Waals surface area contributed by atoms with E-state index >= 15 is 0 Å². The second-order valence-electron chi connectivity index (χ2n) is 4.40. The highest BCUT2D eigenvalue weighted by Gasteiger charge is 2.30. The number of sulfone groups is 1. The lowest BCUT2D eigenvalue weighted by Gasteiger charge is -2.21. The van der Waals surface area contributed by atoms with E-state index in [1.54, 1.807) is 0 Å². The molecule has 1 aromatic carbocycles. The predicted molar refractivity (Wildman–Crippen MR) is 77.3 cm³/mol. The summed E-state index contributed by atoms with van der Waals surface area (Å²) in [6.45, 7) is -0.572. The first-order valence-corrected chi connectivity index (χ1v) is 8.11. The molecule has 0 aliphatic heterocycles. The van der Waals surface area contributed by atoms with Crippen molar-refractivity contribution in [1.29, 1.82) is 0 Å². The van der Waals surface area contributed by atoms with Gasteiger partial charge >= 0.3 is 6.09 Å². The molecule has 1 N–H and O–H groups in total. The fourth-order valence-electron chi connectivity index (χ4n) is 1.66. The number of anilines is 1. The highest BCUT2D eigenvalue weighted by atomic mass is 35.5. The number of rotatable bonds is 6. The largest absolute Gasteiger partial charge is 0.465 e. The zero-order chi connectivity index (χ0) is 16.2. The fourth-order valence-corrected chi connectivity index (χ4v) is 2.71. The van der Waals surface area contributed by atoms with E-state index in [9.17, 15) is 23.3 Å². The molecule has 1 amide bonds. The lowest BCUT2D eigenvalue weighted by Crippen LogP contribution is -2.43. The number of carbonyl (C=O) groups is 1. The number of carboxylic acid groups (broad SMARTS) is 1. The van der Waals surface area contributed by atoms with Crippen molar-refractivity contribution in [3.63, 3.8) is 0 Å². The Bertz CT molecular complexity index is 631. The molecule has 21 heavy (non-hydrogen) atoms. The zero-order valence-electron chi connectivity index (χ0n) is 11.0. The van der Waals surface area contributed by atoms with E-state index < -0.39 is 39.2 Å². The van der Waals surface area contributed by atoms with Crippen LogP contribution in [-0.2, 0) is 9.84 Å². The van der Waals surface area contributed by atoms with E-state index in [0.29, 0.717) is 5.02 Å². The van der Waals surface area contributed by atoms with Crippen molar-refractivity contribution in [1.82, 2.24) is 0 Å². The Hall–Kier alpha value is -1.87. The molecule has 0 saturated heterocycles. The molecule has 0 fully saturated rings. The summed E-state index contributed by atoms with van der Waals surface area (Å²) in [6.07, 6.45) is -0.561. The lowest BCUT2D eigenvalue weighted by atomic mass is 10.2. The summed E-state index contributed by atoms with van der Waals surface area (Å²) in [4.78, 5) is 22.1. The van der Waals surface area contributed by atoms with Crippen LogP contribution >= 0.6 is 11.6 Å². The van der Waals surface area contributed by atoms with Crippen molar-refractivity contribution in [2.24, 2.45) is 0 Å². The molecule has 0 aliphatic carbocycles. The maximum atomic E-state index is 11.2. The standard InChI is InChI=1S/C11H13ClN2O6S/c1-21(19,20)7-10(14(17)18)6-13(11(15)16)9-4-2-8(12)3-5-9/h2-5,10H,6-7H2,1H3,(H,15,16). The third-order valence-electron chi connectivity index (χ3n) is 2.56. The van der Waals surface area contributed by atoms with Crippen LogP contribution in [0.25, 0.3) is 0 Å². The first-order valence-electron chi connectivity index (χ1n) is 5.67. The van der Waals surface area contributed by atoms with Gasteiger partial charge in [-0.1, -0.05) is 11.6 Å². The normalized spacial score (nSPS) is 12.7. The van der Waals surface area contributed by atoms with Gasteiger partial charge in [-0.15, -0.1) is 0 Å². The minimum Gasteiger partial charge on any atom is -0.465 e. The topological polar surface area (TPSA) is 118 Å². The van der Waals surface area contributed by atoms with Gasteiger partial charge in [0.2, 0.25) is 6.04 Å². The Morgan fingerprint density at radius 1 is 1.43 bits per heavy atom. The van der Waals surface area contributed by atoms with Crippen molar-refractivity contribution >= 4 is 33.2 Å². The molecule has 10 heteroatoms. The molecule has 0 spiro atoms. The summed E-state index contributed by atoms with van der Waals surface area (Å²) >= 11 is 5.69. The van der Waals surface area contributed by atoms with E-state index in [4.69, 9.17) is 16.7 Å². The highest BCUT2D eigenvalue weighted by molar-refractivity contribution is 7.90. The third kappa shape index (κ3) is 5.56. The number of nitrogens with zero attached hydrogens (tertiary/aromatic N) is 2. The van der Waals surface area contributed by atoms with E-state index in [0.717, 1.165) is 11.2 Å². The Labute approximate surface area is 126 Å². The van der Waals surface area contributed by atoms with Crippen LogP contribution in [-0.4, -0.2) is 49.1 Å². The van der Waals surface area contributed by atoms with E-state index in [1.165, 1.54) is 24.3 Å². The molecular formula is C11H13ClN2O6S. The maximum absolute atomic E-state index is 11.2. The monoisotopic (exact) mass is 336 g/mol. The van der Waals surface area contributed by atoms with Crippen molar-refractivity contribution in [2.45, 2.75) is 6.04 Å². The molecule has 0 bridgehead atoms. The number of amides is 1. The predicted octanol–water partition coefficient (Wildman–Crippen LogP) is 1.51. The molecule has 0 radical (unpaired) electrons. The average molecular weight is 337 g/mol. The smallest absolute Gasteiger partial charge is 0.412 e. The number of hydrogen-bond donors (Lipinski definition) is 1. The number of halogens is 1. The SMILES string of the molecule is CS(=O)(=O)CC(CN(C(=O)O)c1ccc(Cl)cc1)[N+](=O)[O-]. The second-order valence-corrected chi connectivity index (χ2v) is 7.02. The number of hydrogen-bond acceptors (Lipinski definition) is 5. The van der Waals surface area contributed by atoms with Crippen molar-refractivity contribution in [3.05, 3.63) is 39.4 Å². The van der Waals surface area contributed by atoms with Crippen LogP contribution in [0, 0.1) is 10.1 Å². The second kappa shape index (κ2) is 6.72. The summed E-state index contributed by atoms with van der Waals surface area (Å²) in [7, 11) is -3.61. The van der Waals surface area contributed by atoms with Gasteiger partial charge in [-0.2, -0.15) is 0 Å². The fraction of sp³-hybridized carbons (Fsp3) is 0.364. The van der Waals surface area contributed by atoms with Crippen LogP contribution in [0.3, 0.4) is 0 Å². The van der Waals surface area contributed by atoms with Crippen molar-refractivity contribution in [2.75, 3.05) is 23.5 Å². The van der Waals surface area contributed by atoms with E-state index in [2.05, 4.69) is 0 Å². The summed E-state index contributed by atoms with van der Waals surface area (Å²) < 4.78 is 22.4. The first-order chi connectivity index (χ1) is 9.60. The van der Waals surface area contributed by atoms with Crippen LogP contribution < -0.4 is 4.90 Å². The number of nitro groups is 1. The van der Waals surface area contributed by atoms with Crippen LogP contribution in [0.5, 0.6) is 0 Å². The molecule has 8 nitrogen and oxygen atoms in total. The quantitative estimate of drug-likeness (QED) is 0.621. The molecule has 0 aliphatic rings. The summed E-state index contributed by atoms with van der Waals surface area (Å²) in [5.74, 6) is -0.739. The van der Waals surface area contributed by atoms with Crippen molar-refractivity contribution < 1.29 is 23.2 Å². The molecule has 1 rings (SSSR count). The number of benzene rings is 1. The van der Waals surface area contributed by atoms with Gasteiger partial charge in [-0.25, -0.2) is 13.2 Å². The van der Waals surface area contributed by atoms with Gasteiger partial charge < -0.3 is 5.11 Å². The zero-order valence-corrected chi connectivity index (χ0v) is 12.5.